The highest BCUT2D eigenvalue weighted by Gasteiger charge is 2.23. The lowest BCUT2D eigenvalue weighted by atomic mass is 10.0. The Hall–Kier alpha value is -3.58. The molecule has 7 nitrogen and oxygen atoms in total. The van der Waals surface area contributed by atoms with E-state index in [1.54, 1.807) is 18.2 Å². The molecule has 3 aromatic carbocycles. The number of benzene rings is 3. The molecule has 0 aliphatic carbocycles. The first-order chi connectivity index (χ1) is 15.7. The number of nitrogens with one attached hydrogen (secondary N) is 1. The van der Waals surface area contributed by atoms with E-state index in [2.05, 4.69) is 10.2 Å². The molecule has 7 heteroatoms. The number of amides is 2. The molecule has 1 N–H and O–H groups in total. The van der Waals surface area contributed by atoms with Crippen LogP contribution in [0.3, 0.4) is 0 Å². The summed E-state index contributed by atoms with van der Waals surface area (Å²) >= 11 is 0. The average Bonchev–Trinajstić information content (AvgIpc) is 3.31. The minimum absolute atomic E-state index is 0.0811. The second kappa shape index (κ2) is 8.88. The number of carbonyl (C=O) groups is 2. The van der Waals surface area contributed by atoms with Gasteiger partial charge in [0.1, 0.15) is 0 Å². The molecule has 5 rings (SSSR count). The molecule has 32 heavy (non-hydrogen) atoms. The molecule has 2 aliphatic rings. The molecular formula is C25H25N3O4. The Labute approximate surface area is 186 Å². The third-order valence-electron chi connectivity index (χ3n) is 6.03. The van der Waals surface area contributed by atoms with Crippen molar-refractivity contribution in [2.75, 3.05) is 46.1 Å². The maximum absolute atomic E-state index is 13.1. The molecule has 164 valence electrons. The molecule has 0 atom stereocenters. The topological polar surface area (TPSA) is 71.1 Å². The minimum Gasteiger partial charge on any atom is -0.454 e. The largest absolute Gasteiger partial charge is 0.454 e. The number of ether oxygens (including phenoxy) is 2. The summed E-state index contributed by atoms with van der Waals surface area (Å²) in [4.78, 5) is 29.7. The van der Waals surface area contributed by atoms with E-state index >= 15 is 0 Å². The second-order valence-electron chi connectivity index (χ2n) is 7.98. The second-order valence-corrected chi connectivity index (χ2v) is 7.98. The van der Waals surface area contributed by atoms with Crippen molar-refractivity contribution in [3.05, 3.63) is 71.8 Å². The Balaban J connectivity index is 1.11. The predicted molar refractivity (Wildman–Crippen MR) is 121 cm³/mol. The molecule has 1 saturated heterocycles. The molecule has 0 bridgehead atoms. The number of hydrogen-bond acceptors (Lipinski definition) is 5. The summed E-state index contributed by atoms with van der Waals surface area (Å²) in [7, 11) is 0. The van der Waals surface area contributed by atoms with Gasteiger partial charge in [-0.1, -0.05) is 36.4 Å². The van der Waals surface area contributed by atoms with Gasteiger partial charge in [0.25, 0.3) is 11.8 Å². The summed E-state index contributed by atoms with van der Waals surface area (Å²) in [6, 6.07) is 19.1. The summed E-state index contributed by atoms with van der Waals surface area (Å²) in [5.74, 6) is 1.22. The zero-order chi connectivity index (χ0) is 21.9. The third kappa shape index (κ3) is 4.11. The van der Waals surface area contributed by atoms with Crippen molar-refractivity contribution < 1.29 is 19.1 Å². The van der Waals surface area contributed by atoms with Crippen molar-refractivity contribution in [2.24, 2.45) is 0 Å². The first-order valence-corrected chi connectivity index (χ1v) is 10.9. The molecule has 1 fully saturated rings. The van der Waals surface area contributed by atoms with Gasteiger partial charge in [-0.2, -0.15) is 0 Å². The predicted octanol–water partition coefficient (Wildman–Crippen LogP) is 2.76. The molecule has 0 spiro atoms. The Kier molecular flexibility index (Phi) is 5.64. The lowest BCUT2D eigenvalue weighted by molar-refractivity contribution is 0.0640. The van der Waals surface area contributed by atoms with Gasteiger partial charge in [0.05, 0.1) is 0 Å². The summed E-state index contributed by atoms with van der Waals surface area (Å²) in [6.07, 6.45) is 0. The van der Waals surface area contributed by atoms with Crippen molar-refractivity contribution in [3.8, 4) is 11.5 Å². The van der Waals surface area contributed by atoms with Crippen LogP contribution in [0.15, 0.2) is 60.7 Å². The Morgan fingerprint density at radius 2 is 1.66 bits per heavy atom. The highest BCUT2D eigenvalue weighted by molar-refractivity contribution is 6.07. The van der Waals surface area contributed by atoms with Crippen molar-refractivity contribution in [2.45, 2.75) is 0 Å². The minimum atomic E-state index is -0.131. The summed E-state index contributed by atoms with van der Waals surface area (Å²) in [5, 5.41) is 5.03. The highest BCUT2D eigenvalue weighted by atomic mass is 16.7. The molecule has 3 aromatic rings. The number of fused-ring (bicyclic) bond motifs is 2. The fraction of sp³-hybridized carbons (Fsp3) is 0.280. The number of piperazine rings is 1. The van der Waals surface area contributed by atoms with Crippen molar-refractivity contribution in [1.29, 1.82) is 0 Å². The maximum atomic E-state index is 13.1. The van der Waals surface area contributed by atoms with Gasteiger partial charge in [-0.15, -0.1) is 0 Å². The maximum Gasteiger partial charge on any atom is 0.254 e. The van der Waals surface area contributed by atoms with E-state index in [0.29, 0.717) is 36.7 Å². The molecule has 0 radical (unpaired) electrons. The van der Waals surface area contributed by atoms with Gasteiger partial charge >= 0.3 is 0 Å². The van der Waals surface area contributed by atoms with Crippen LogP contribution in [-0.2, 0) is 0 Å². The highest BCUT2D eigenvalue weighted by Crippen LogP contribution is 2.32. The van der Waals surface area contributed by atoms with Gasteiger partial charge in [0.2, 0.25) is 6.79 Å². The van der Waals surface area contributed by atoms with Gasteiger partial charge in [0.15, 0.2) is 11.5 Å². The van der Waals surface area contributed by atoms with E-state index in [1.165, 1.54) is 0 Å². The van der Waals surface area contributed by atoms with Crippen molar-refractivity contribution in [3.63, 3.8) is 0 Å². The smallest absolute Gasteiger partial charge is 0.254 e. The number of nitrogens with zero attached hydrogens (tertiary/aromatic N) is 2. The fourth-order valence-electron chi connectivity index (χ4n) is 4.22. The molecule has 0 saturated carbocycles. The van der Waals surface area contributed by atoms with Crippen LogP contribution in [0.25, 0.3) is 10.8 Å². The van der Waals surface area contributed by atoms with Crippen molar-refractivity contribution >= 4 is 22.6 Å². The zero-order valence-corrected chi connectivity index (χ0v) is 17.8. The number of rotatable bonds is 5. The van der Waals surface area contributed by atoms with E-state index in [1.807, 2.05) is 47.4 Å². The quantitative estimate of drug-likeness (QED) is 0.673. The fourth-order valence-corrected chi connectivity index (χ4v) is 4.22. The molecule has 2 aliphatic heterocycles. The SMILES string of the molecule is O=C(NCCN1CCN(C(=O)c2cccc3ccccc23)CC1)c1ccc2c(c1)OCO2. The Morgan fingerprint density at radius 3 is 2.53 bits per heavy atom. The van der Waals surface area contributed by atoms with Crippen LogP contribution in [-0.4, -0.2) is 67.7 Å². The molecular weight excluding hydrogens is 406 g/mol. The van der Waals surface area contributed by atoms with Crippen molar-refractivity contribution in [1.82, 2.24) is 15.1 Å². The lowest BCUT2D eigenvalue weighted by Crippen LogP contribution is -2.50. The van der Waals surface area contributed by atoms with Gasteiger partial charge in [-0.3, -0.25) is 14.5 Å². The lowest BCUT2D eigenvalue weighted by Gasteiger charge is -2.35. The number of carbonyl (C=O) groups excluding carboxylic acids is 2. The average molecular weight is 431 g/mol. The normalized spacial score (nSPS) is 15.7. The monoisotopic (exact) mass is 431 g/mol. The Bertz CT molecular complexity index is 1150. The van der Waals surface area contributed by atoms with Gasteiger partial charge in [-0.05, 0) is 35.0 Å². The first-order valence-electron chi connectivity index (χ1n) is 10.9. The molecule has 0 aromatic heterocycles. The van der Waals surface area contributed by atoms with E-state index in [-0.39, 0.29) is 18.6 Å². The third-order valence-corrected chi connectivity index (χ3v) is 6.03. The van der Waals surface area contributed by atoms with Crippen LogP contribution in [0, 0.1) is 0 Å². The summed E-state index contributed by atoms with van der Waals surface area (Å²) in [5.41, 5.74) is 1.31. The standard InChI is InChI=1S/C25H25N3O4/c29-24(19-8-9-22-23(16-19)32-17-31-22)26-10-11-27-12-14-28(15-13-27)25(30)21-7-3-5-18-4-1-2-6-20(18)21/h1-9,16H,10-15,17H2,(H,26,29). The summed E-state index contributed by atoms with van der Waals surface area (Å²) in [6.45, 7) is 4.41. The molecule has 2 heterocycles. The van der Waals surface area contributed by atoms with Crippen LogP contribution in [0.2, 0.25) is 0 Å². The van der Waals surface area contributed by atoms with Crippen LogP contribution in [0.1, 0.15) is 20.7 Å². The van der Waals surface area contributed by atoms with E-state index in [9.17, 15) is 9.59 Å². The van der Waals surface area contributed by atoms with E-state index in [0.717, 1.165) is 36.0 Å². The van der Waals surface area contributed by atoms with Gasteiger partial charge in [-0.25, -0.2) is 0 Å². The Morgan fingerprint density at radius 1 is 0.875 bits per heavy atom. The van der Waals surface area contributed by atoms with Crippen LogP contribution in [0.5, 0.6) is 11.5 Å². The first kappa shape index (κ1) is 20.3. The van der Waals surface area contributed by atoms with Gasteiger partial charge < -0.3 is 19.7 Å². The van der Waals surface area contributed by atoms with E-state index < -0.39 is 0 Å². The zero-order valence-electron chi connectivity index (χ0n) is 17.8. The van der Waals surface area contributed by atoms with E-state index in [4.69, 9.17) is 9.47 Å². The van der Waals surface area contributed by atoms with Crippen LogP contribution >= 0.6 is 0 Å². The number of hydrogen-bond donors (Lipinski definition) is 1. The van der Waals surface area contributed by atoms with Gasteiger partial charge in [0, 0.05) is 50.4 Å². The molecule has 0 unspecified atom stereocenters. The molecule has 2 amide bonds. The summed E-state index contributed by atoms with van der Waals surface area (Å²) < 4.78 is 10.6. The van der Waals surface area contributed by atoms with Crippen LogP contribution in [0.4, 0.5) is 0 Å². The van der Waals surface area contributed by atoms with Crippen LogP contribution < -0.4 is 14.8 Å².